The van der Waals surface area contributed by atoms with Crippen molar-refractivity contribution in [1.82, 2.24) is 20.2 Å². The molecule has 1 atom stereocenters. The van der Waals surface area contributed by atoms with Gasteiger partial charge < -0.3 is 24.8 Å². The average molecular weight is 623 g/mol. The summed E-state index contributed by atoms with van der Waals surface area (Å²) in [7, 11) is 3.19. The maximum atomic E-state index is 13.6. The van der Waals surface area contributed by atoms with Crippen LogP contribution in [-0.4, -0.2) is 67.1 Å². The zero-order valence-electron chi connectivity index (χ0n) is 25.5. The number of fused-ring (bicyclic) bond motifs is 1. The van der Waals surface area contributed by atoms with Crippen LogP contribution in [0, 0.1) is 11.8 Å². The van der Waals surface area contributed by atoms with E-state index in [1.165, 1.54) is 11.8 Å². The molecule has 2 amide bonds. The molecule has 1 aliphatic carbocycles. The summed E-state index contributed by atoms with van der Waals surface area (Å²) >= 11 is 1.28. The fourth-order valence-corrected chi connectivity index (χ4v) is 6.85. The van der Waals surface area contributed by atoms with Gasteiger partial charge in [-0.25, -0.2) is 4.98 Å². The van der Waals surface area contributed by atoms with Crippen LogP contribution in [0.4, 0.5) is 0 Å². The van der Waals surface area contributed by atoms with Gasteiger partial charge in [-0.15, -0.1) is 0 Å². The monoisotopic (exact) mass is 622 g/mol. The third-order valence-electron chi connectivity index (χ3n) is 8.53. The second-order valence-electron chi connectivity index (χ2n) is 11.5. The van der Waals surface area contributed by atoms with Gasteiger partial charge >= 0.3 is 0 Å². The summed E-state index contributed by atoms with van der Waals surface area (Å²) < 4.78 is 18.0. The topological polar surface area (TPSA) is 121 Å². The summed E-state index contributed by atoms with van der Waals surface area (Å²) in [4.78, 5) is 43.9. The van der Waals surface area contributed by atoms with E-state index >= 15 is 0 Å². The molecule has 0 radical (unpaired) electrons. The highest BCUT2D eigenvalue weighted by atomic mass is 32.2. The SMILES string of the molecule is COc1ccc(CCNC(=O)CSc2nc3ccccc3c(=O)n2CC2CCC(C(=O)NCC3CCCO3)CC2)cc1OC. The number of nitrogens with one attached hydrogen (secondary N) is 2. The quantitative estimate of drug-likeness (QED) is 0.217. The molecule has 2 fully saturated rings. The maximum Gasteiger partial charge on any atom is 0.262 e. The van der Waals surface area contributed by atoms with Crippen LogP contribution in [0.15, 0.2) is 52.4 Å². The van der Waals surface area contributed by atoms with Crippen LogP contribution in [0.5, 0.6) is 11.5 Å². The van der Waals surface area contributed by atoms with Crippen molar-refractivity contribution in [2.75, 3.05) is 39.7 Å². The van der Waals surface area contributed by atoms with E-state index in [-0.39, 0.29) is 41.1 Å². The first kappa shape index (κ1) is 31.8. The summed E-state index contributed by atoms with van der Waals surface area (Å²) in [5, 5.41) is 7.16. The van der Waals surface area contributed by atoms with Crippen molar-refractivity contribution in [3.63, 3.8) is 0 Å². The van der Waals surface area contributed by atoms with E-state index in [9.17, 15) is 14.4 Å². The molecule has 0 bridgehead atoms. The minimum absolute atomic E-state index is 0.00403. The number of ether oxygens (including phenoxy) is 3. The molecule has 1 saturated carbocycles. The Morgan fingerprint density at radius 3 is 2.57 bits per heavy atom. The summed E-state index contributed by atoms with van der Waals surface area (Å²) in [6, 6.07) is 13.0. The molecule has 10 nitrogen and oxygen atoms in total. The van der Waals surface area contributed by atoms with Crippen molar-refractivity contribution in [2.45, 2.75) is 62.8 Å². The minimum atomic E-state index is -0.126. The van der Waals surface area contributed by atoms with Crippen LogP contribution in [0.2, 0.25) is 0 Å². The lowest BCUT2D eigenvalue weighted by Gasteiger charge is -2.29. The Labute approximate surface area is 262 Å². The van der Waals surface area contributed by atoms with E-state index in [0.717, 1.165) is 50.7 Å². The van der Waals surface area contributed by atoms with Crippen molar-refractivity contribution >= 4 is 34.5 Å². The summed E-state index contributed by atoms with van der Waals surface area (Å²) in [6.07, 6.45) is 6.15. The Kier molecular flexibility index (Phi) is 11.2. The highest BCUT2D eigenvalue weighted by Gasteiger charge is 2.28. The molecule has 11 heteroatoms. The first-order valence-corrected chi connectivity index (χ1v) is 16.4. The normalized spacial score (nSPS) is 19.9. The average Bonchev–Trinajstić information content (AvgIpc) is 3.58. The molecular formula is C33H42N4O6S. The largest absolute Gasteiger partial charge is 0.493 e. The third kappa shape index (κ3) is 8.12. The van der Waals surface area contributed by atoms with Crippen molar-refractivity contribution in [3.8, 4) is 11.5 Å². The number of thioether (sulfide) groups is 1. The van der Waals surface area contributed by atoms with Gasteiger partial charge in [0.25, 0.3) is 5.56 Å². The van der Waals surface area contributed by atoms with Crippen LogP contribution in [0.1, 0.15) is 44.1 Å². The molecular weight excluding hydrogens is 580 g/mol. The number of amides is 2. The van der Waals surface area contributed by atoms with Crippen molar-refractivity contribution < 1.29 is 23.8 Å². The molecule has 2 aromatic carbocycles. The lowest BCUT2D eigenvalue weighted by atomic mass is 9.81. The van der Waals surface area contributed by atoms with E-state index in [1.54, 1.807) is 24.9 Å². The lowest BCUT2D eigenvalue weighted by molar-refractivity contribution is -0.126. The Balaban J connectivity index is 1.17. The summed E-state index contributed by atoms with van der Waals surface area (Å²) in [6.45, 7) is 2.35. The maximum absolute atomic E-state index is 13.6. The molecule has 3 aromatic rings. The van der Waals surface area contributed by atoms with Gasteiger partial charge in [-0.2, -0.15) is 0 Å². The number of methoxy groups -OCH3 is 2. The van der Waals surface area contributed by atoms with Crippen LogP contribution in [0.3, 0.4) is 0 Å². The molecule has 44 heavy (non-hydrogen) atoms. The minimum Gasteiger partial charge on any atom is -0.493 e. The number of carbonyl (C=O) groups excluding carboxylic acids is 2. The Bertz CT molecular complexity index is 1500. The van der Waals surface area contributed by atoms with E-state index in [4.69, 9.17) is 19.2 Å². The standard InChI is InChI=1S/C33H42N4O6S/c1-41-28-14-11-22(18-29(28)42-2)15-16-34-30(38)21-44-33-36-27-8-4-3-7-26(27)32(40)37(33)20-23-9-12-24(13-10-23)31(39)35-19-25-6-5-17-43-25/h3-4,7-8,11,14,18,23-25H,5-6,9-10,12-13,15-17,19-21H2,1-2H3,(H,34,38)(H,35,39). The summed E-state index contributed by atoms with van der Waals surface area (Å²) in [5.74, 6) is 1.70. The Morgan fingerprint density at radius 1 is 1.02 bits per heavy atom. The number of nitrogens with zero attached hydrogens (tertiary/aromatic N) is 2. The van der Waals surface area contributed by atoms with Crippen LogP contribution in [-0.2, 0) is 27.3 Å². The van der Waals surface area contributed by atoms with Gasteiger partial charge in [0.15, 0.2) is 16.7 Å². The number of benzene rings is 2. The first-order valence-electron chi connectivity index (χ1n) is 15.4. The fraction of sp³-hybridized carbons (Fsp3) is 0.515. The van der Waals surface area contributed by atoms with Crippen molar-refractivity contribution in [2.24, 2.45) is 11.8 Å². The van der Waals surface area contributed by atoms with Gasteiger partial charge in [-0.1, -0.05) is 30.0 Å². The molecule has 1 aliphatic heterocycles. The van der Waals surface area contributed by atoms with Gasteiger partial charge in [0.05, 0.1) is 37.0 Å². The first-order chi connectivity index (χ1) is 21.4. The predicted octanol–water partition coefficient (Wildman–Crippen LogP) is 3.97. The smallest absolute Gasteiger partial charge is 0.262 e. The molecule has 0 spiro atoms. The molecule has 5 rings (SSSR count). The highest BCUT2D eigenvalue weighted by molar-refractivity contribution is 7.99. The zero-order valence-corrected chi connectivity index (χ0v) is 26.3. The van der Waals surface area contributed by atoms with Gasteiger partial charge in [0.1, 0.15) is 0 Å². The second-order valence-corrected chi connectivity index (χ2v) is 12.4. The van der Waals surface area contributed by atoms with E-state index in [1.807, 2.05) is 36.4 Å². The molecule has 1 unspecified atom stereocenters. The van der Waals surface area contributed by atoms with Crippen LogP contribution < -0.4 is 25.7 Å². The molecule has 1 aromatic heterocycles. The zero-order chi connectivity index (χ0) is 30.9. The van der Waals surface area contributed by atoms with Crippen molar-refractivity contribution in [1.29, 1.82) is 0 Å². The molecule has 2 heterocycles. The third-order valence-corrected chi connectivity index (χ3v) is 9.51. The van der Waals surface area contributed by atoms with Crippen molar-refractivity contribution in [3.05, 3.63) is 58.4 Å². The Hall–Kier alpha value is -3.57. The second kappa shape index (κ2) is 15.4. The molecule has 1 saturated heterocycles. The highest BCUT2D eigenvalue weighted by Crippen LogP contribution is 2.31. The molecule has 2 aliphatic rings. The fourth-order valence-electron chi connectivity index (χ4n) is 6.01. The number of para-hydroxylation sites is 1. The van der Waals surface area contributed by atoms with Gasteiger partial charge in [0.2, 0.25) is 11.8 Å². The van der Waals surface area contributed by atoms with Crippen LogP contribution >= 0.6 is 11.8 Å². The number of rotatable bonds is 13. The molecule has 2 N–H and O–H groups in total. The molecule has 236 valence electrons. The van der Waals surface area contributed by atoms with Gasteiger partial charge in [-0.3, -0.25) is 19.0 Å². The predicted molar refractivity (Wildman–Crippen MR) is 170 cm³/mol. The lowest BCUT2D eigenvalue weighted by Crippen LogP contribution is -2.38. The number of carbonyl (C=O) groups is 2. The van der Waals surface area contributed by atoms with E-state index in [0.29, 0.717) is 53.6 Å². The number of hydrogen-bond acceptors (Lipinski definition) is 8. The Morgan fingerprint density at radius 2 is 1.82 bits per heavy atom. The van der Waals surface area contributed by atoms with Crippen LogP contribution in [0.25, 0.3) is 10.9 Å². The number of hydrogen-bond donors (Lipinski definition) is 2. The van der Waals surface area contributed by atoms with Gasteiger partial charge in [-0.05, 0) is 80.7 Å². The van der Waals surface area contributed by atoms with Gasteiger partial charge in [0, 0.05) is 32.2 Å². The number of aromatic nitrogens is 2. The van der Waals surface area contributed by atoms with E-state index < -0.39 is 0 Å². The van der Waals surface area contributed by atoms with E-state index in [2.05, 4.69) is 10.6 Å². The summed E-state index contributed by atoms with van der Waals surface area (Å²) in [5.41, 5.74) is 1.55.